The molecule has 1 amide bonds. The Morgan fingerprint density at radius 1 is 1.05 bits per heavy atom. The Balaban J connectivity index is 2.30. The molecule has 0 heterocycles. The summed E-state index contributed by atoms with van der Waals surface area (Å²) in [7, 11) is 0. The second-order valence-electron chi connectivity index (χ2n) is 4.08. The summed E-state index contributed by atoms with van der Waals surface area (Å²) in [4.78, 5) is 22.9. The number of rotatable bonds is 3. The van der Waals surface area contributed by atoms with Gasteiger partial charge in [0, 0.05) is 5.56 Å². The fourth-order valence-electron chi connectivity index (χ4n) is 1.64. The average molecular weight is 328 g/mol. The molecule has 7 heteroatoms. The van der Waals surface area contributed by atoms with Gasteiger partial charge in [0.2, 0.25) is 0 Å². The first-order valence-corrected chi connectivity index (χ1v) is 6.43. The van der Waals surface area contributed by atoms with Crippen LogP contribution in [0.2, 0.25) is 10.0 Å². The summed E-state index contributed by atoms with van der Waals surface area (Å²) in [6.07, 6.45) is 0. The predicted molar refractivity (Wildman–Crippen MR) is 77.8 cm³/mol. The summed E-state index contributed by atoms with van der Waals surface area (Å²) in [5.41, 5.74) is 0.149. The molecule has 4 nitrogen and oxygen atoms in total. The van der Waals surface area contributed by atoms with E-state index in [1.807, 2.05) is 0 Å². The normalized spacial score (nSPS) is 10.2. The maximum absolute atomic E-state index is 13.1. The van der Waals surface area contributed by atoms with Crippen molar-refractivity contribution >= 4 is 40.8 Å². The molecule has 0 aromatic heterocycles. The van der Waals surface area contributed by atoms with E-state index in [1.54, 1.807) is 0 Å². The van der Waals surface area contributed by atoms with E-state index >= 15 is 0 Å². The van der Waals surface area contributed by atoms with Gasteiger partial charge in [0.25, 0.3) is 5.91 Å². The number of carboxylic acids is 1. The molecule has 0 unspecified atom stereocenters. The van der Waals surface area contributed by atoms with Gasteiger partial charge in [0.05, 0.1) is 21.3 Å². The lowest BCUT2D eigenvalue weighted by Gasteiger charge is -2.10. The number of amides is 1. The van der Waals surface area contributed by atoms with Gasteiger partial charge >= 0.3 is 5.97 Å². The van der Waals surface area contributed by atoms with Crippen LogP contribution in [0.5, 0.6) is 0 Å². The third kappa shape index (κ3) is 3.51. The van der Waals surface area contributed by atoms with Gasteiger partial charge in [-0.15, -0.1) is 0 Å². The van der Waals surface area contributed by atoms with Gasteiger partial charge in [-0.25, -0.2) is 9.18 Å². The van der Waals surface area contributed by atoms with Gasteiger partial charge in [-0.2, -0.15) is 0 Å². The van der Waals surface area contributed by atoms with Gasteiger partial charge in [0.15, 0.2) is 0 Å². The van der Waals surface area contributed by atoms with E-state index in [4.69, 9.17) is 28.3 Å². The number of carbonyl (C=O) groups is 2. The van der Waals surface area contributed by atoms with Crippen LogP contribution >= 0.6 is 23.2 Å². The fourth-order valence-corrected chi connectivity index (χ4v) is 2.20. The molecule has 0 bridgehead atoms. The maximum atomic E-state index is 13.1. The molecule has 0 fully saturated rings. The average Bonchev–Trinajstić information content (AvgIpc) is 2.42. The van der Waals surface area contributed by atoms with Crippen molar-refractivity contribution in [3.8, 4) is 0 Å². The van der Waals surface area contributed by atoms with E-state index in [0.29, 0.717) is 0 Å². The van der Waals surface area contributed by atoms with Crippen LogP contribution in [-0.2, 0) is 0 Å². The molecule has 0 saturated carbocycles. The zero-order chi connectivity index (χ0) is 15.6. The number of hydrogen-bond acceptors (Lipinski definition) is 2. The van der Waals surface area contributed by atoms with E-state index in [0.717, 1.165) is 12.1 Å². The molecule has 0 spiro atoms. The number of hydrogen-bond donors (Lipinski definition) is 2. The van der Waals surface area contributed by atoms with E-state index in [2.05, 4.69) is 5.32 Å². The molecule has 108 valence electrons. The number of carboxylic acid groups (broad SMARTS) is 1. The van der Waals surface area contributed by atoms with Crippen LogP contribution in [0.4, 0.5) is 10.1 Å². The minimum absolute atomic E-state index is 0.0287. The number of aromatic carboxylic acids is 1. The highest BCUT2D eigenvalue weighted by Gasteiger charge is 2.14. The Kier molecular flexibility index (Phi) is 4.45. The Morgan fingerprint density at radius 3 is 2.19 bits per heavy atom. The Hall–Kier alpha value is -2.11. The van der Waals surface area contributed by atoms with Crippen molar-refractivity contribution in [2.75, 3.05) is 5.32 Å². The SMILES string of the molecule is O=C(O)c1cccc(C(=O)Nc2c(Cl)cc(F)cc2Cl)c1. The van der Waals surface area contributed by atoms with Gasteiger partial charge in [-0.1, -0.05) is 29.3 Å². The van der Waals surface area contributed by atoms with Crippen LogP contribution in [0.3, 0.4) is 0 Å². The van der Waals surface area contributed by atoms with Crippen LogP contribution in [0, 0.1) is 5.82 Å². The van der Waals surface area contributed by atoms with Crippen LogP contribution in [0.1, 0.15) is 20.7 Å². The quantitative estimate of drug-likeness (QED) is 0.892. The van der Waals surface area contributed by atoms with Crippen LogP contribution in [0.15, 0.2) is 36.4 Å². The summed E-state index contributed by atoms with van der Waals surface area (Å²) in [6.45, 7) is 0. The van der Waals surface area contributed by atoms with Crippen molar-refractivity contribution in [3.05, 3.63) is 63.4 Å². The van der Waals surface area contributed by atoms with Crippen molar-refractivity contribution in [1.29, 1.82) is 0 Å². The maximum Gasteiger partial charge on any atom is 0.335 e. The molecule has 2 N–H and O–H groups in total. The number of halogens is 3. The summed E-state index contributed by atoms with van der Waals surface area (Å²) >= 11 is 11.6. The van der Waals surface area contributed by atoms with Crippen molar-refractivity contribution in [2.45, 2.75) is 0 Å². The third-order valence-electron chi connectivity index (χ3n) is 2.62. The van der Waals surface area contributed by atoms with E-state index in [1.165, 1.54) is 24.3 Å². The summed E-state index contributed by atoms with van der Waals surface area (Å²) in [6, 6.07) is 7.47. The summed E-state index contributed by atoms with van der Waals surface area (Å²) in [5.74, 6) is -2.38. The molecule has 0 saturated heterocycles. The summed E-state index contributed by atoms with van der Waals surface area (Å²) in [5, 5.41) is 11.2. The largest absolute Gasteiger partial charge is 0.478 e. The molecule has 0 radical (unpaired) electrons. The summed E-state index contributed by atoms with van der Waals surface area (Å²) < 4.78 is 13.1. The monoisotopic (exact) mass is 327 g/mol. The molecule has 2 rings (SSSR count). The molecular weight excluding hydrogens is 320 g/mol. The van der Waals surface area contributed by atoms with Crippen LogP contribution in [0.25, 0.3) is 0 Å². The number of nitrogens with one attached hydrogen (secondary N) is 1. The third-order valence-corrected chi connectivity index (χ3v) is 3.21. The van der Waals surface area contributed by atoms with Gasteiger partial charge in [-0.3, -0.25) is 4.79 Å². The Morgan fingerprint density at radius 2 is 1.62 bits per heavy atom. The highest BCUT2D eigenvalue weighted by atomic mass is 35.5. The Labute approximate surface area is 129 Å². The van der Waals surface area contributed by atoms with Crippen molar-refractivity contribution in [3.63, 3.8) is 0 Å². The standard InChI is InChI=1S/C14H8Cl2FNO3/c15-10-5-9(17)6-11(16)12(10)18-13(19)7-2-1-3-8(4-7)14(20)21/h1-6H,(H,18,19)(H,20,21). The zero-order valence-corrected chi connectivity index (χ0v) is 11.9. The first-order chi connectivity index (χ1) is 9.88. The molecule has 2 aromatic rings. The highest BCUT2D eigenvalue weighted by Crippen LogP contribution is 2.31. The van der Waals surface area contributed by atoms with E-state index in [-0.39, 0.29) is 26.9 Å². The molecule has 2 aromatic carbocycles. The van der Waals surface area contributed by atoms with Crippen LogP contribution < -0.4 is 5.32 Å². The van der Waals surface area contributed by atoms with Gasteiger partial charge in [-0.05, 0) is 30.3 Å². The minimum atomic E-state index is -1.15. The number of anilines is 1. The fraction of sp³-hybridized carbons (Fsp3) is 0. The second kappa shape index (κ2) is 6.11. The smallest absolute Gasteiger partial charge is 0.335 e. The molecule has 0 aliphatic carbocycles. The lowest BCUT2D eigenvalue weighted by molar-refractivity contribution is 0.0697. The van der Waals surface area contributed by atoms with Crippen molar-refractivity contribution in [1.82, 2.24) is 0 Å². The predicted octanol–water partition coefficient (Wildman–Crippen LogP) is 4.08. The number of carbonyl (C=O) groups excluding carboxylic acids is 1. The first kappa shape index (κ1) is 15.3. The van der Waals surface area contributed by atoms with E-state index in [9.17, 15) is 14.0 Å². The minimum Gasteiger partial charge on any atom is -0.478 e. The highest BCUT2D eigenvalue weighted by molar-refractivity contribution is 6.40. The molecule has 0 atom stereocenters. The second-order valence-corrected chi connectivity index (χ2v) is 4.90. The lowest BCUT2D eigenvalue weighted by Crippen LogP contribution is -2.13. The topological polar surface area (TPSA) is 66.4 Å². The zero-order valence-electron chi connectivity index (χ0n) is 10.4. The van der Waals surface area contributed by atoms with Crippen molar-refractivity contribution < 1.29 is 19.1 Å². The van der Waals surface area contributed by atoms with E-state index < -0.39 is 17.7 Å². The van der Waals surface area contributed by atoms with Gasteiger partial charge < -0.3 is 10.4 Å². The molecular formula is C14H8Cl2FNO3. The van der Waals surface area contributed by atoms with Crippen LogP contribution in [-0.4, -0.2) is 17.0 Å². The first-order valence-electron chi connectivity index (χ1n) is 5.67. The Bertz CT molecular complexity index is 711. The molecule has 0 aliphatic rings. The van der Waals surface area contributed by atoms with Gasteiger partial charge in [0.1, 0.15) is 5.82 Å². The van der Waals surface area contributed by atoms with Crippen molar-refractivity contribution in [2.24, 2.45) is 0 Å². The molecule has 21 heavy (non-hydrogen) atoms. The molecule has 0 aliphatic heterocycles. The lowest BCUT2D eigenvalue weighted by atomic mass is 10.1. The number of benzene rings is 2.